The molecule has 1 saturated heterocycles. The number of rotatable bonds is 10. The number of halogens is 4. The van der Waals surface area contributed by atoms with Gasteiger partial charge in [0.1, 0.15) is 35.5 Å². The van der Waals surface area contributed by atoms with Crippen LogP contribution in [0.4, 0.5) is 27.2 Å². The van der Waals surface area contributed by atoms with Crippen molar-refractivity contribution in [3.63, 3.8) is 0 Å². The molecular weight excluding hydrogens is 634 g/mol. The standard InChI is InChI=1S/C31H41F4N3O7S/c1-30(2,3)44-28(39)36(7)15-16-43-24-14-9-8-12-20(24)21-13-10-11-19(25(21)33)17-23-26(38(27(34)35)46(41)42)22(32)18-37(23)29(40)45-31(4,5)6/h8-14,22-23,26-27H,15-18H2,1-7H3,(H,41,42)/p-1. The first-order chi connectivity index (χ1) is 21.3. The highest BCUT2D eigenvalue weighted by atomic mass is 32.2. The van der Waals surface area contributed by atoms with E-state index in [2.05, 4.69) is 0 Å². The zero-order valence-electron chi connectivity index (χ0n) is 26.8. The van der Waals surface area contributed by atoms with Gasteiger partial charge < -0.3 is 28.6 Å². The molecule has 256 valence electrons. The Morgan fingerprint density at radius 2 is 1.63 bits per heavy atom. The molecule has 2 aromatic carbocycles. The van der Waals surface area contributed by atoms with Crippen molar-refractivity contribution in [2.45, 2.75) is 84.0 Å². The summed E-state index contributed by atoms with van der Waals surface area (Å²) in [5.74, 6) is -0.527. The third-order valence-electron chi connectivity index (χ3n) is 6.90. The summed E-state index contributed by atoms with van der Waals surface area (Å²) < 4.78 is 99.0. The lowest BCUT2D eigenvalue weighted by atomic mass is 9.95. The SMILES string of the molecule is CN(CCOc1ccccc1-c1cccc(CC2C(N(C(F)F)S(=O)[O-])C(F)CN2C(=O)OC(C)(C)C)c1F)C(=O)OC(C)(C)C. The maximum atomic E-state index is 16.2. The normalized spacial score (nSPS) is 19.3. The summed E-state index contributed by atoms with van der Waals surface area (Å²) in [6, 6.07) is 7.27. The lowest BCUT2D eigenvalue weighted by Crippen LogP contribution is -2.52. The van der Waals surface area contributed by atoms with Gasteiger partial charge in [-0.15, -0.1) is 0 Å². The van der Waals surface area contributed by atoms with Gasteiger partial charge in [0.25, 0.3) is 0 Å². The van der Waals surface area contributed by atoms with Gasteiger partial charge >= 0.3 is 18.7 Å². The average Bonchev–Trinajstić information content (AvgIpc) is 3.23. The Bertz CT molecular complexity index is 1400. The van der Waals surface area contributed by atoms with Crippen LogP contribution < -0.4 is 4.74 Å². The molecule has 3 rings (SSSR count). The Hall–Kier alpha value is -3.43. The lowest BCUT2D eigenvalue weighted by molar-refractivity contribution is -0.0176. The van der Waals surface area contributed by atoms with E-state index in [0.717, 1.165) is 4.90 Å². The van der Waals surface area contributed by atoms with Crippen LogP contribution in [-0.2, 0) is 27.2 Å². The number of benzene rings is 2. The molecule has 0 radical (unpaired) electrons. The van der Waals surface area contributed by atoms with E-state index in [-0.39, 0.29) is 34.3 Å². The van der Waals surface area contributed by atoms with Crippen LogP contribution >= 0.6 is 0 Å². The molecule has 2 amide bonds. The fraction of sp³-hybridized carbons (Fsp3) is 0.548. The Balaban J connectivity index is 1.93. The summed E-state index contributed by atoms with van der Waals surface area (Å²) in [5.41, 5.74) is -1.42. The van der Waals surface area contributed by atoms with Gasteiger partial charge in [0.2, 0.25) is 0 Å². The van der Waals surface area contributed by atoms with Crippen LogP contribution in [0.1, 0.15) is 47.1 Å². The third-order valence-corrected chi connectivity index (χ3v) is 7.64. The van der Waals surface area contributed by atoms with Crippen LogP contribution in [0, 0.1) is 5.82 Å². The van der Waals surface area contributed by atoms with Crippen molar-refractivity contribution in [3.8, 4) is 16.9 Å². The van der Waals surface area contributed by atoms with Gasteiger partial charge in [-0.05, 0) is 59.6 Å². The molecule has 2 aromatic rings. The van der Waals surface area contributed by atoms with E-state index >= 15 is 8.78 Å². The summed E-state index contributed by atoms with van der Waals surface area (Å²) in [7, 11) is 1.54. The van der Waals surface area contributed by atoms with E-state index in [0.29, 0.717) is 5.56 Å². The summed E-state index contributed by atoms with van der Waals surface area (Å²) in [4.78, 5) is 27.5. The minimum Gasteiger partial charge on any atom is -0.759 e. The number of likely N-dealkylation sites (tertiary alicyclic amines) is 1. The number of likely N-dealkylation sites (N-methyl/N-ethyl adjacent to an activating group) is 1. The molecular formula is C31H40F4N3O7S-. The minimum atomic E-state index is -3.61. The molecule has 0 bridgehead atoms. The molecule has 1 aliphatic rings. The lowest BCUT2D eigenvalue weighted by Gasteiger charge is -2.36. The Kier molecular flexibility index (Phi) is 12.1. The molecule has 0 spiro atoms. The van der Waals surface area contributed by atoms with Gasteiger partial charge in [0.05, 0.1) is 25.2 Å². The monoisotopic (exact) mass is 674 g/mol. The molecule has 0 N–H and O–H groups in total. The van der Waals surface area contributed by atoms with Gasteiger partial charge in [-0.2, -0.15) is 13.1 Å². The van der Waals surface area contributed by atoms with E-state index in [1.54, 1.807) is 72.9 Å². The van der Waals surface area contributed by atoms with E-state index in [1.165, 1.54) is 23.1 Å². The smallest absolute Gasteiger partial charge is 0.410 e. The highest BCUT2D eigenvalue weighted by Crippen LogP contribution is 2.36. The van der Waals surface area contributed by atoms with Crippen LogP contribution in [-0.4, -0.2) is 97.8 Å². The average molecular weight is 675 g/mol. The number of nitrogens with zero attached hydrogens (tertiary/aromatic N) is 3. The summed E-state index contributed by atoms with van der Waals surface area (Å²) in [5, 5.41) is 0. The van der Waals surface area contributed by atoms with Crippen molar-refractivity contribution in [2.24, 2.45) is 0 Å². The van der Waals surface area contributed by atoms with Crippen LogP contribution in [0.3, 0.4) is 0 Å². The molecule has 0 saturated carbocycles. The molecule has 1 fully saturated rings. The molecule has 1 heterocycles. The molecule has 46 heavy (non-hydrogen) atoms. The number of amides is 2. The molecule has 1 aliphatic heterocycles. The van der Waals surface area contributed by atoms with Crippen molar-refractivity contribution < 1.29 is 50.1 Å². The van der Waals surface area contributed by atoms with E-state index < -0.39 is 78.2 Å². The van der Waals surface area contributed by atoms with Gasteiger partial charge in [0.15, 0.2) is 0 Å². The Morgan fingerprint density at radius 3 is 2.22 bits per heavy atom. The summed E-state index contributed by atoms with van der Waals surface area (Å²) >= 11 is -3.56. The summed E-state index contributed by atoms with van der Waals surface area (Å²) in [6.45, 7) is 5.72. The first kappa shape index (κ1) is 37.0. The maximum Gasteiger partial charge on any atom is 0.410 e. The first-order valence-corrected chi connectivity index (χ1v) is 15.6. The van der Waals surface area contributed by atoms with Crippen LogP contribution in [0.2, 0.25) is 0 Å². The van der Waals surface area contributed by atoms with Gasteiger partial charge in [0, 0.05) is 29.4 Å². The number of carbonyl (C=O) groups excluding carboxylic acids is 2. The zero-order chi connectivity index (χ0) is 34.6. The number of alkyl halides is 3. The predicted octanol–water partition coefficient (Wildman–Crippen LogP) is 5.93. The van der Waals surface area contributed by atoms with Crippen LogP contribution in [0.5, 0.6) is 5.75 Å². The van der Waals surface area contributed by atoms with E-state index in [4.69, 9.17) is 14.2 Å². The number of ether oxygens (including phenoxy) is 3. The second-order valence-corrected chi connectivity index (χ2v) is 13.6. The summed E-state index contributed by atoms with van der Waals surface area (Å²) in [6.07, 6.45) is -4.31. The molecule has 10 nitrogen and oxygen atoms in total. The van der Waals surface area contributed by atoms with Gasteiger partial charge in [-0.25, -0.2) is 18.4 Å². The number of carbonyl (C=O) groups is 2. The molecule has 4 unspecified atom stereocenters. The highest BCUT2D eigenvalue weighted by molar-refractivity contribution is 7.76. The molecule has 15 heteroatoms. The van der Waals surface area contributed by atoms with Gasteiger partial charge in [-0.3, -0.25) is 4.21 Å². The topological polar surface area (TPSA) is 112 Å². The van der Waals surface area contributed by atoms with E-state index in [9.17, 15) is 27.1 Å². The second-order valence-electron chi connectivity index (χ2n) is 12.8. The van der Waals surface area contributed by atoms with Crippen LogP contribution in [0.15, 0.2) is 42.5 Å². The zero-order valence-corrected chi connectivity index (χ0v) is 27.6. The van der Waals surface area contributed by atoms with Crippen molar-refractivity contribution >= 4 is 23.5 Å². The molecule has 0 aliphatic carbocycles. The Morgan fingerprint density at radius 1 is 1.02 bits per heavy atom. The maximum absolute atomic E-state index is 16.2. The van der Waals surface area contributed by atoms with Crippen molar-refractivity contribution in [1.82, 2.24) is 14.1 Å². The van der Waals surface area contributed by atoms with Crippen molar-refractivity contribution in [1.29, 1.82) is 0 Å². The van der Waals surface area contributed by atoms with Gasteiger partial charge in [-0.1, -0.05) is 36.4 Å². The molecule has 0 aromatic heterocycles. The number of para-hydroxylation sites is 1. The quantitative estimate of drug-likeness (QED) is 0.175. The van der Waals surface area contributed by atoms with E-state index in [1.807, 2.05) is 0 Å². The third kappa shape index (κ3) is 9.55. The minimum absolute atomic E-state index is 0.0381. The number of hydrogen-bond donors (Lipinski definition) is 0. The molecule has 4 atom stereocenters. The fourth-order valence-electron chi connectivity index (χ4n) is 4.95. The van der Waals surface area contributed by atoms with Crippen LogP contribution in [0.25, 0.3) is 11.1 Å². The highest BCUT2D eigenvalue weighted by Gasteiger charge is 2.51. The predicted molar refractivity (Wildman–Crippen MR) is 162 cm³/mol. The number of hydrogen-bond acceptors (Lipinski definition) is 7. The van der Waals surface area contributed by atoms with Crippen molar-refractivity contribution in [2.75, 3.05) is 26.7 Å². The second kappa shape index (κ2) is 15.0. The first-order valence-electron chi connectivity index (χ1n) is 14.5. The Labute approximate surface area is 269 Å². The largest absolute Gasteiger partial charge is 0.759 e. The fourth-order valence-corrected chi connectivity index (χ4v) is 5.55. The van der Waals surface area contributed by atoms with Crippen molar-refractivity contribution in [3.05, 3.63) is 53.8 Å².